The summed E-state index contributed by atoms with van der Waals surface area (Å²) in [4.78, 5) is 41.0. The second-order valence-electron chi connectivity index (χ2n) is 7.14. The minimum absolute atomic E-state index is 0.109. The summed E-state index contributed by atoms with van der Waals surface area (Å²) in [6, 6.07) is 14.9. The summed E-state index contributed by atoms with van der Waals surface area (Å²) >= 11 is 0. The second kappa shape index (κ2) is 7.56. The Morgan fingerprint density at radius 3 is 2.29 bits per heavy atom. The van der Waals surface area contributed by atoms with E-state index in [4.69, 9.17) is 0 Å². The van der Waals surface area contributed by atoms with Crippen LogP contribution < -0.4 is 5.32 Å². The molecule has 28 heavy (non-hydrogen) atoms. The SMILES string of the molecule is CCc1ccc(C2CNCCN2C(=O)CN2C(=O)c3ccccc3C2=O)cc1. The Hall–Kier alpha value is -2.99. The summed E-state index contributed by atoms with van der Waals surface area (Å²) in [6.07, 6.45) is 0.964. The molecule has 2 aliphatic heterocycles. The van der Waals surface area contributed by atoms with Crippen molar-refractivity contribution in [1.82, 2.24) is 15.1 Å². The minimum atomic E-state index is -0.395. The van der Waals surface area contributed by atoms with E-state index < -0.39 is 11.8 Å². The van der Waals surface area contributed by atoms with E-state index in [0.29, 0.717) is 30.8 Å². The van der Waals surface area contributed by atoms with E-state index in [2.05, 4.69) is 36.5 Å². The highest BCUT2D eigenvalue weighted by Gasteiger charge is 2.38. The summed E-state index contributed by atoms with van der Waals surface area (Å²) in [7, 11) is 0. The van der Waals surface area contributed by atoms with Crippen LogP contribution in [-0.4, -0.2) is 53.7 Å². The normalized spacial score (nSPS) is 19.1. The van der Waals surface area contributed by atoms with E-state index in [0.717, 1.165) is 16.9 Å². The monoisotopic (exact) mass is 377 g/mol. The second-order valence-corrected chi connectivity index (χ2v) is 7.14. The minimum Gasteiger partial charge on any atom is -0.332 e. The van der Waals surface area contributed by atoms with Gasteiger partial charge in [-0.15, -0.1) is 0 Å². The Morgan fingerprint density at radius 2 is 1.68 bits per heavy atom. The van der Waals surface area contributed by atoms with Crippen LogP contribution in [0.15, 0.2) is 48.5 Å². The Labute approximate surface area is 164 Å². The third kappa shape index (κ3) is 3.20. The Kier molecular flexibility index (Phi) is 4.96. The number of amides is 3. The number of piperazine rings is 1. The first-order chi connectivity index (χ1) is 13.6. The van der Waals surface area contributed by atoms with Crippen molar-refractivity contribution in [2.24, 2.45) is 0 Å². The maximum absolute atomic E-state index is 13.1. The molecule has 4 rings (SSSR count). The van der Waals surface area contributed by atoms with Crippen molar-refractivity contribution in [1.29, 1.82) is 0 Å². The van der Waals surface area contributed by atoms with Gasteiger partial charge in [0.05, 0.1) is 17.2 Å². The van der Waals surface area contributed by atoms with E-state index in [-0.39, 0.29) is 18.5 Å². The molecule has 1 N–H and O–H groups in total. The molecule has 2 aromatic rings. The third-order valence-electron chi connectivity index (χ3n) is 5.51. The summed E-state index contributed by atoms with van der Waals surface area (Å²) < 4.78 is 0. The zero-order valence-electron chi connectivity index (χ0n) is 15.9. The molecule has 1 unspecified atom stereocenters. The number of nitrogens with one attached hydrogen (secondary N) is 1. The molecule has 3 amide bonds. The predicted molar refractivity (Wildman–Crippen MR) is 105 cm³/mol. The van der Waals surface area contributed by atoms with Gasteiger partial charge in [0.1, 0.15) is 6.54 Å². The van der Waals surface area contributed by atoms with E-state index in [1.165, 1.54) is 5.56 Å². The average Bonchev–Trinajstić information content (AvgIpc) is 2.99. The van der Waals surface area contributed by atoms with Crippen molar-refractivity contribution in [3.63, 3.8) is 0 Å². The summed E-state index contributed by atoms with van der Waals surface area (Å²) in [5.41, 5.74) is 3.04. The number of imide groups is 1. The van der Waals surface area contributed by atoms with Gasteiger partial charge in [0.2, 0.25) is 5.91 Å². The van der Waals surface area contributed by atoms with Crippen LogP contribution in [0.5, 0.6) is 0 Å². The largest absolute Gasteiger partial charge is 0.332 e. The van der Waals surface area contributed by atoms with Crippen molar-refractivity contribution < 1.29 is 14.4 Å². The van der Waals surface area contributed by atoms with Gasteiger partial charge in [-0.25, -0.2) is 0 Å². The maximum Gasteiger partial charge on any atom is 0.262 e. The molecule has 6 heteroatoms. The predicted octanol–water partition coefficient (Wildman–Crippen LogP) is 2.02. The fourth-order valence-electron chi connectivity index (χ4n) is 3.88. The van der Waals surface area contributed by atoms with Crippen molar-refractivity contribution >= 4 is 17.7 Å². The fraction of sp³-hybridized carbons (Fsp3) is 0.318. The van der Waals surface area contributed by atoms with Gasteiger partial charge >= 0.3 is 0 Å². The topological polar surface area (TPSA) is 69.7 Å². The molecule has 0 aromatic heterocycles. The van der Waals surface area contributed by atoms with E-state index in [9.17, 15) is 14.4 Å². The zero-order valence-corrected chi connectivity index (χ0v) is 15.9. The van der Waals surface area contributed by atoms with Gasteiger partial charge in [-0.05, 0) is 29.7 Å². The number of benzene rings is 2. The van der Waals surface area contributed by atoms with Crippen molar-refractivity contribution in [3.8, 4) is 0 Å². The van der Waals surface area contributed by atoms with E-state index in [1.807, 2.05) is 0 Å². The lowest BCUT2D eigenvalue weighted by Gasteiger charge is -2.37. The number of fused-ring (bicyclic) bond motifs is 1. The average molecular weight is 377 g/mol. The lowest BCUT2D eigenvalue weighted by atomic mass is 10.0. The number of carbonyl (C=O) groups is 3. The highest BCUT2D eigenvalue weighted by Crippen LogP contribution is 2.26. The number of hydrogen-bond donors (Lipinski definition) is 1. The van der Waals surface area contributed by atoms with Gasteiger partial charge in [-0.1, -0.05) is 43.3 Å². The number of aryl methyl sites for hydroxylation is 1. The van der Waals surface area contributed by atoms with E-state index in [1.54, 1.807) is 29.2 Å². The molecule has 1 saturated heterocycles. The van der Waals surface area contributed by atoms with Crippen LogP contribution in [0.3, 0.4) is 0 Å². The molecule has 1 atom stereocenters. The molecule has 0 radical (unpaired) electrons. The molecule has 2 heterocycles. The molecular weight excluding hydrogens is 354 g/mol. The van der Waals surface area contributed by atoms with E-state index >= 15 is 0 Å². The van der Waals surface area contributed by atoms with Gasteiger partial charge in [0.15, 0.2) is 0 Å². The number of hydrogen-bond acceptors (Lipinski definition) is 4. The first-order valence-electron chi connectivity index (χ1n) is 9.64. The molecule has 2 aliphatic rings. The highest BCUT2D eigenvalue weighted by atomic mass is 16.2. The fourth-order valence-corrected chi connectivity index (χ4v) is 3.88. The van der Waals surface area contributed by atoms with Crippen LogP contribution in [0.2, 0.25) is 0 Å². The molecule has 0 bridgehead atoms. The molecule has 0 saturated carbocycles. The smallest absolute Gasteiger partial charge is 0.262 e. The third-order valence-corrected chi connectivity index (χ3v) is 5.51. The van der Waals surface area contributed by atoms with Crippen molar-refractivity contribution in [2.45, 2.75) is 19.4 Å². The molecule has 1 fully saturated rings. The first-order valence-corrected chi connectivity index (χ1v) is 9.64. The quantitative estimate of drug-likeness (QED) is 0.828. The summed E-state index contributed by atoms with van der Waals surface area (Å²) in [6.45, 7) is 3.77. The molecular formula is C22H23N3O3. The number of nitrogens with zero attached hydrogens (tertiary/aromatic N) is 2. The molecule has 2 aromatic carbocycles. The lowest BCUT2D eigenvalue weighted by Crippen LogP contribution is -2.52. The van der Waals surface area contributed by atoms with Crippen molar-refractivity contribution in [3.05, 3.63) is 70.8 Å². The Morgan fingerprint density at radius 1 is 1.04 bits per heavy atom. The first kappa shape index (κ1) is 18.4. The standard InChI is InChI=1S/C22H23N3O3/c1-2-15-7-9-16(10-8-15)19-13-23-11-12-24(19)20(26)14-25-21(27)17-5-3-4-6-18(17)22(25)28/h3-10,19,23H,2,11-14H2,1H3. The van der Waals surface area contributed by atoms with Crippen molar-refractivity contribution in [2.75, 3.05) is 26.2 Å². The molecule has 144 valence electrons. The molecule has 0 aliphatic carbocycles. The van der Waals surface area contributed by atoms with Gasteiger partial charge in [0.25, 0.3) is 11.8 Å². The molecule has 0 spiro atoms. The zero-order chi connectivity index (χ0) is 19.7. The number of rotatable bonds is 4. The van der Waals surface area contributed by atoms with Gasteiger partial charge in [-0.3, -0.25) is 19.3 Å². The van der Waals surface area contributed by atoms with Crippen LogP contribution in [0.4, 0.5) is 0 Å². The van der Waals surface area contributed by atoms with Crippen LogP contribution in [0.25, 0.3) is 0 Å². The lowest BCUT2D eigenvalue weighted by molar-refractivity contribution is -0.134. The summed E-state index contributed by atoms with van der Waals surface area (Å²) in [5, 5.41) is 3.33. The van der Waals surface area contributed by atoms with Crippen LogP contribution in [-0.2, 0) is 11.2 Å². The Bertz CT molecular complexity index is 888. The van der Waals surface area contributed by atoms with Crippen LogP contribution >= 0.6 is 0 Å². The maximum atomic E-state index is 13.1. The highest BCUT2D eigenvalue weighted by molar-refractivity contribution is 6.22. The van der Waals surface area contributed by atoms with Crippen LogP contribution in [0.1, 0.15) is 44.8 Å². The number of carbonyl (C=O) groups excluding carboxylic acids is 3. The van der Waals surface area contributed by atoms with Gasteiger partial charge in [-0.2, -0.15) is 0 Å². The summed E-state index contributed by atoms with van der Waals surface area (Å²) in [5.74, 6) is -0.999. The Balaban J connectivity index is 1.53. The van der Waals surface area contributed by atoms with Crippen LogP contribution in [0, 0.1) is 0 Å². The van der Waals surface area contributed by atoms with Gasteiger partial charge < -0.3 is 10.2 Å². The molecule has 6 nitrogen and oxygen atoms in total. The van der Waals surface area contributed by atoms with Gasteiger partial charge in [0, 0.05) is 19.6 Å².